The van der Waals surface area contributed by atoms with E-state index in [1.807, 2.05) is 0 Å². The first-order chi connectivity index (χ1) is 22.7. The molecule has 0 fully saturated rings. The topological polar surface area (TPSA) is 201 Å². The number of methoxy groups -OCH3 is 1. The first kappa shape index (κ1) is 35.1. The number of nitrogens with zero attached hydrogens (tertiary/aromatic N) is 2. The van der Waals surface area contributed by atoms with Gasteiger partial charge in [-0.3, -0.25) is 13.9 Å². The van der Waals surface area contributed by atoms with Gasteiger partial charge in [0.05, 0.1) is 23.8 Å². The lowest BCUT2D eigenvalue weighted by Crippen LogP contribution is -2.13. The quantitative estimate of drug-likeness (QED) is 0.0687. The predicted molar refractivity (Wildman–Crippen MR) is 183 cm³/mol. The van der Waals surface area contributed by atoms with Crippen LogP contribution in [0.15, 0.2) is 104 Å². The molecule has 0 bridgehead atoms. The van der Waals surface area contributed by atoms with Gasteiger partial charge in [-0.05, 0) is 83.0 Å². The highest BCUT2D eigenvalue weighted by Gasteiger charge is 2.23. The van der Waals surface area contributed by atoms with Gasteiger partial charge in [-0.1, -0.05) is 30.3 Å². The number of nitrogens with one attached hydrogen (secondary N) is 1. The average Bonchev–Trinajstić information content (AvgIpc) is 3.03. The molecule has 0 heterocycles. The molecule has 5 rings (SSSR count). The Bertz CT molecular complexity index is 2350. The van der Waals surface area contributed by atoms with E-state index in [1.54, 1.807) is 36.4 Å². The number of hydrogen-bond donors (Lipinski definition) is 4. The monoisotopic (exact) mass is 729 g/mol. The summed E-state index contributed by atoms with van der Waals surface area (Å²) >= 11 is 5.41. The van der Waals surface area contributed by atoms with E-state index in [0.717, 1.165) is 12.1 Å². The highest BCUT2D eigenvalue weighted by molar-refractivity contribution is 8.26. The van der Waals surface area contributed by atoms with E-state index in [0.29, 0.717) is 16.9 Å². The van der Waals surface area contributed by atoms with Crippen LogP contribution in [0.1, 0.15) is 15.9 Å². The molecule has 5 aromatic rings. The summed E-state index contributed by atoms with van der Waals surface area (Å²) in [7, 11) is -9.09. The SMILES string of the molecule is COCCOS(=S)c1ccc2c(S(=O)(=O)O)c(N=Nc3c(C)cc4cc(S(=O)(=O)O)cc(NC(=O)c5ccccc5)c4c3O)ccc2c1. The maximum atomic E-state index is 13.0. The number of anilines is 1. The number of carbonyl (C=O) groups excluding carboxylic acids is 1. The summed E-state index contributed by atoms with van der Waals surface area (Å²) in [6, 6.07) is 19.1. The third-order valence-electron chi connectivity index (χ3n) is 7.04. The maximum Gasteiger partial charge on any atom is 0.297 e. The Morgan fingerprint density at radius 3 is 2.29 bits per heavy atom. The van der Waals surface area contributed by atoms with Crippen molar-refractivity contribution in [1.82, 2.24) is 0 Å². The number of aromatic hydroxyl groups is 1. The number of benzene rings is 5. The van der Waals surface area contributed by atoms with Gasteiger partial charge < -0.3 is 19.3 Å². The van der Waals surface area contributed by atoms with Crippen molar-refractivity contribution in [2.24, 2.45) is 10.2 Å². The van der Waals surface area contributed by atoms with Crippen LogP contribution in [0.4, 0.5) is 17.1 Å². The standard InChI is InChI=1S/C31H27N3O10S4/c1-18-14-21-16-23(47(37,38)39)17-26(32-31(36)19-6-4-3-5-7-19)27(21)29(35)28(18)34-33-25-11-8-20-15-22(46(45)44-13-12-43-2)9-10-24(20)30(25)48(40,41)42/h3-11,14-17,35H,12-13H2,1-2H3,(H,32,36)(H,37,38,39)(H,40,41,42). The lowest BCUT2D eigenvalue weighted by Gasteiger charge is -2.15. The molecule has 5 aromatic carbocycles. The van der Waals surface area contributed by atoms with Gasteiger partial charge in [0.1, 0.15) is 16.3 Å². The molecule has 0 aliphatic heterocycles. The van der Waals surface area contributed by atoms with E-state index < -0.39 is 51.4 Å². The number of aryl methyl sites for hydroxylation is 1. The van der Waals surface area contributed by atoms with E-state index >= 15 is 0 Å². The molecule has 0 aliphatic rings. The zero-order valence-corrected chi connectivity index (χ0v) is 28.4. The van der Waals surface area contributed by atoms with Crippen LogP contribution in [0.3, 0.4) is 0 Å². The van der Waals surface area contributed by atoms with E-state index in [4.69, 9.17) is 20.1 Å². The molecule has 0 saturated carbocycles. The molecule has 0 saturated heterocycles. The molecule has 48 heavy (non-hydrogen) atoms. The highest BCUT2D eigenvalue weighted by atomic mass is 32.8. The van der Waals surface area contributed by atoms with Crippen LogP contribution in [0.25, 0.3) is 21.5 Å². The van der Waals surface area contributed by atoms with Crippen molar-refractivity contribution in [3.63, 3.8) is 0 Å². The van der Waals surface area contributed by atoms with Crippen LogP contribution >= 0.6 is 0 Å². The minimum absolute atomic E-state index is 0.0284. The number of carbonyl (C=O) groups is 1. The van der Waals surface area contributed by atoms with E-state index in [9.17, 15) is 35.8 Å². The smallest absolute Gasteiger partial charge is 0.297 e. The number of hydrogen-bond acceptors (Lipinski definition) is 11. The Morgan fingerprint density at radius 2 is 1.62 bits per heavy atom. The van der Waals surface area contributed by atoms with Gasteiger partial charge >= 0.3 is 0 Å². The minimum atomic E-state index is -4.85. The third kappa shape index (κ3) is 7.58. The van der Waals surface area contributed by atoms with Crippen LogP contribution in [0.2, 0.25) is 0 Å². The number of rotatable bonds is 11. The van der Waals surface area contributed by atoms with Crippen molar-refractivity contribution >= 4 is 85.7 Å². The van der Waals surface area contributed by atoms with Crippen molar-refractivity contribution in [2.75, 3.05) is 25.6 Å². The summed E-state index contributed by atoms with van der Waals surface area (Å²) in [4.78, 5) is 12.5. The van der Waals surface area contributed by atoms with Gasteiger partial charge in [0.15, 0.2) is 5.75 Å². The van der Waals surface area contributed by atoms with Gasteiger partial charge in [0.25, 0.3) is 26.1 Å². The number of fused-ring (bicyclic) bond motifs is 2. The Labute approximate surface area is 282 Å². The maximum absolute atomic E-state index is 13.0. The fraction of sp³-hybridized carbons (Fsp3) is 0.129. The Balaban J connectivity index is 1.62. The second-order valence-electron chi connectivity index (χ2n) is 10.3. The molecule has 0 radical (unpaired) electrons. The number of phenolic OH excluding ortho intramolecular Hbond substituents is 1. The molecule has 4 N–H and O–H groups in total. The van der Waals surface area contributed by atoms with E-state index in [-0.39, 0.29) is 51.0 Å². The summed E-state index contributed by atoms with van der Waals surface area (Å²) in [5.41, 5.74) is -0.0311. The Morgan fingerprint density at radius 1 is 0.896 bits per heavy atom. The number of phenols is 1. The van der Waals surface area contributed by atoms with Gasteiger partial charge in [0.2, 0.25) is 0 Å². The van der Waals surface area contributed by atoms with Gasteiger partial charge in [-0.25, -0.2) is 0 Å². The summed E-state index contributed by atoms with van der Waals surface area (Å²) in [6.07, 6.45) is 0. The molecule has 13 nitrogen and oxygen atoms in total. The zero-order valence-electron chi connectivity index (χ0n) is 25.1. The van der Waals surface area contributed by atoms with Crippen molar-refractivity contribution < 1.29 is 44.8 Å². The second kappa shape index (κ2) is 14.1. The van der Waals surface area contributed by atoms with Crippen molar-refractivity contribution in [3.05, 3.63) is 90.0 Å². The first-order valence-electron chi connectivity index (χ1n) is 13.8. The molecule has 1 amide bonds. The van der Waals surface area contributed by atoms with Gasteiger partial charge in [-0.2, -0.15) is 16.8 Å². The van der Waals surface area contributed by atoms with Crippen molar-refractivity contribution in [1.29, 1.82) is 0 Å². The number of azo groups is 1. The fourth-order valence-electron chi connectivity index (χ4n) is 4.87. The number of ether oxygens (including phenoxy) is 1. The Hall–Kier alpha value is -4.20. The largest absolute Gasteiger partial charge is 0.505 e. The van der Waals surface area contributed by atoms with Crippen LogP contribution in [-0.2, 0) is 50.1 Å². The van der Waals surface area contributed by atoms with Crippen molar-refractivity contribution in [3.8, 4) is 5.75 Å². The molecular formula is C31H27N3O10S4. The van der Waals surface area contributed by atoms with Crippen LogP contribution in [-0.4, -0.2) is 57.3 Å². The van der Waals surface area contributed by atoms with Crippen molar-refractivity contribution in [2.45, 2.75) is 21.6 Å². The highest BCUT2D eigenvalue weighted by Crippen LogP contribution is 2.44. The lowest BCUT2D eigenvalue weighted by atomic mass is 10.0. The lowest BCUT2D eigenvalue weighted by molar-refractivity contribution is 0.102. The summed E-state index contributed by atoms with van der Waals surface area (Å²) < 4.78 is 79.8. The molecule has 1 atom stereocenters. The normalized spacial score (nSPS) is 12.9. The average molecular weight is 730 g/mol. The van der Waals surface area contributed by atoms with Crippen LogP contribution in [0, 0.1) is 6.92 Å². The minimum Gasteiger partial charge on any atom is -0.505 e. The Kier molecular flexibility index (Phi) is 10.3. The van der Waals surface area contributed by atoms with Crippen LogP contribution < -0.4 is 5.32 Å². The van der Waals surface area contributed by atoms with E-state index in [2.05, 4.69) is 15.5 Å². The van der Waals surface area contributed by atoms with Crippen LogP contribution in [0.5, 0.6) is 5.75 Å². The first-order valence-corrected chi connectivity index (χ1v) is 18.8. The molecule has 250 valence electrons. The zero-order chi connectivity index (χ0) is 34.8. The molecule has 0 aromatic heterocycles. The predicted octanol–water partition coefficient (Wildman–Crippen LogP) is 6.19. The summed E-state index contributed by atoms with van der Waals surface area (Å²) in [5, 5.41) is 22.8. The third-order valence-corrected chi connectivity index (χ3v) is 10.7. The molecule has 0 spiro atoms. The number of amides is 1. The fourth-order valence-corrected chi connectivity index (χ4v) is 7.52. The van der Waals surface area contributed by atoms with Gasteiger partial charge in [0, 0.05) is 38.1 Å². The van der Waals surface area contributed by atoms with E-state index in [1.165, 1.54) is 44.4 Å². The summed E-state index contributed by atoms with van der Waals surface area (Å²) in [5.74, 6) is -1.15. The molecule has 1 unspecified atom stereocenters. The second-order valence-corrected chi connectivity index (χ2v) is 15.1. The molecule has 0 aliphatic carbocycles. The molecule has 17 heteroatoms. The molecular weight excluding hydrogens is 703 g/mol. The van der Waals surface area contributed by atoms with Gasteiger partial charge in [-0.15, -0.1) is 10.2 Å². The summed E-state index contributed by atoms with van der Waals surface area (Å²) in [6.45, 7) is 2.14.